The number of hydrogen-bond donors (Lipinski definition) is 2. The molecule has 1 aromatic rings. The summed E-state index contributed by atoms with van der Waals surface area (Å²) in [5.74, 6) is -1.03. The predicted molar refractivity (Wildman–Crippen MR) is 72.7 cm³/mol. The second kappa shape index (κ2) is 5.34. The Bertz CT molecular complexity index is 555. The van der Waals surface area contributed by atoms with E-state index in [1.807, 2.05) is 0 Å². The van der Waals surface area contributed by atoms with Gasteiger partial charge in [0.15, 0.2) is 0 Å². The van der Waals surface area contributed by atoms with E-state index in [-0.39, 0.29) is 12.1 Å². The van der Waals surface area contributed by atoms with Gasteiger partial charge >= 0.3 is 5.97 Å². The maximum Gasteiger partial charge on any atom is 0.337 e. The molecule has 0 amide bonds. The molecule has 0 aliphatic heterocycles. The van der Waals surface area contributed by atoms with E-state index in [4.69, 9.17) is 5.11 Å². The van der Waals surface area contributed by atoms with Gasteiger partial charge in [0.25, 0.3) is 0 Å². The number of hydrogen-bond acceptors (Lipinski definition) is 3. The molecule has 1 rings (SSSR count). The van der Waals surface area contributed by atoms with E-state index >= 15 is 0 Å². The highest BCUT2D eigenvalue weighted by Crippen LogP contribution is 2.10. The first-order valence-electron chi connectivity index (χ1n) is 5.93. The molecule has 19 heavy (non-hydrogen) atoms. The number of sulfonamides is 1. The second-order valence-corrected chi connectivity index (χ2v) is 7.71. The van der Waals surface area contributed by atoms with Gasteiger partial charge in [0.05, 0.1) is 10.8 Å². The van der Waals surface area contributed by atoms with E-state index < -0.39 is 26.8 Å². The van der Waals surface area contributed by atoms with Gasteiger partial charge in [0.1, 0.15) is 0 Å². The van der Waals surface area contributed by atoms with Crippen LogP contribution in [-0.4, -0.2) is 34.8 Å². The molecule has 108 valence electrons. The van der Waals surface area contributed by atoms with Crippen molar-refractivity contribution >= 4 is 16.0 Å². The van der Waals surface area contributed by atoms with Crippen LogP contribution in [0.1, 0.15) is 38.1 Å². The Labute approximate surface area is 113 Å². The lowest BCUT2D eigenvalue weighted by atomic mass is 10.1. The van der Waals surface area contributed by atoms with Crippen LogP contribution in [0.4, 0.5) is 0 Å². The van der Waals surface area contributed by atoms with Crippen molar-refractivity contribution in [2.75, 3.05) is 0 Å². The molecular formula is C12H20N2O4S. The summed E-state index contributed by atoms with van der Waals surface area (Å²) in [6, 6.07) is 1.44. The van der Waals surface area contributed by atoms with Crippen LogP contribution in [0.5, 0.6) is 0 Å². The summed E-state index contributed by atoms with van der Waals surface area (Å²) in [6.07, 6.45) is 2.98. The molecule has 0 saturated carbocycles. The molecule has 0 saturated heterocycles. The fraction of sp³-hybridized carbons (Fsp3) is 0.583. The fourth-order valence-corrected chi connectivity index (χ4v) is 3.03. The van der Waals surface area contributed by atoms with Crippen molar-refractivity contribution in [2.45, 2.75) is 45.0 Å². The molecule has 1 atom stereocenters. The molecule has 0 aliphatic carbocycles. The van der Waals surface area contributed by atoms with Crippen LogP contribution in [0.3, 0.4) is 0 Å². The van der Waals surface area contributed by atoms with E-state index in [9.17, 15) is 13.2 Å². The van der Waals surface area contributed by atoms with Crippen LogP contribution < -0.4 is 4.72 Å². The lowest BCUT2D eigenvalue weighted by molar-refractivity contribution is 0.0697. The summed E-state index contributed by atoms with van der Waals surface area (Å²) in [7, 11) is -3.45. The molecule has 0 radical (unpaired) electrons. The summed E-state index contributed by atoms with van der Waals surface area (Å²) >= 11 is 0. The van der Waals surface area contributed by atoms with Crippen LogP contribution in [0.25, 0.3) is 0 Å². The van der Waals surface area contributed by atoms with Crippen molar-refractivity contribution in [3.8, 4) is 0 Å². The van der Waals surface area contributed by atoms with E-state index in [0.29, 0.717) is 0 Å². The molecule has 2 N–H and O–H groups in total. The zero-order valence-corrected chi connectivity index (χ0v) is 12.4. The Morgan fingerprint density at radius 3 is 2.47 bits per heavy atom. The van der Waals surface area contributed by atoms with Crippen LogP contribution in [0, 0.1) is 0 Å². The van der Waals surface area contributed by atoms with Gasteiger partial charge in [0, 0.05) is 24.5 Å². The Morgan fingerprint density at radius 1 is 1.47 bits per heavy atom. The molecule has 0 spiro atoms. The highest BCUT2D eigenvalue weighted by Gasteiger charge is 2.26. The van der Waals surface area contributed by atoms with E-state index in [1.54, 1.807) is 38.5 Å². The molecule has 6 nitrogen and oxygen atoms in total. The van der Waals surface area contributed by atoms with Gasteiger partial charge in [-0.3, -0.25) is 0 Å². The minimum absolute atomic E-state index is 0.147. The first kappa shape index (κ1) is 15.7. The van der Waals surface area contributed by atoms with Crippen LogP contribution in [0.15, 0.2) is 18.5 Å². The number of nitrogens with zero attached hydrogens (tertiary/aromatic N) is 1. The van der Waals surface area contributed by atoms with Gasteiger partial charge in [-0.05, 0) is 33.8 Å². The Balaban J connectivity index is 2.78. The maximum absolute atomic E-state index is 12.1. The lowest BCUT2D eigenvalue weighted by Gasteiger charge is -2.23. The quantitative estimate of drug-likeness (QED) is 0.854. The van der Waals surface area contributed by atoms with Crippen molar-refractivity contribution in [1.29, 1.82) is 0 Å². The Kier molecular flexibility index (Phi) is 4.42. The zero-order valence-electron chi connectivity index (χ0n) is 11.5. The summed E-state index contributed by atoms with van der Waals surface area (Å²) < 4.78 is 28.3. The number of aromatic nitrogens is 1. The number of aromatic carboxylic acids is 1. The third-order valence-electron chi connectivity index (χ3n) is 2.44. The summed E-state index contributed by atoms with van der Waals surface area (Å²) in [5.41, 5.74) is -0.385. The van der Waals surface area contributed by atoms with Gasteiger partial charge in [-0.1, -0.05) is 0 Å². The van der Waals surface area contributed by atoms with Crippen LogP contribution in [-0.2, 0) is 16.6 Å². The molecule has 0 aromatic carbocycles. The first-order valence-corrected chi connectivity index (χ1v) is 7.48. The number of carboxylic acid groups (broad SMARTS) is 1. The Morgan fingerprint density at radius 2 is 2.05 bits per heavy atom. The highest BCUT2D eigenvalue weighted by molar-refractivity contribution is 7.90. The minimum atomic E-state index is -3.45. The molecule has 1 aromatic heterocycles. The molecule has 0 fully saturated rings. The maximum atomic E-state index is 12.1. The zero-order chi connectivity index (χ0) is 14.8. The van der Waals surface area contributed by atoms with Crippen LogP contribution in [0.2, 0.25) is 0 Å². The topological polar surface area (TPSA) is 88.4 Å². The van der Waals surface area contributed by atoms with E-state index in [2.05, 4.69) is 4.72 Å². The van der Waals surface area contributed by atoms with Crippen molar-refractivity contribution in [2.24, 2.45) is 0 Å². The predicted octanol–water partition coefficient (Wildman–Crippen LogP) is 1.29. The van der Waals surface area contributed by atoms with Crippen LogP contribution >= 0.6 is 0 Å². The van der Waals surface area contributed by atoms with E-state index in [1.165, 1.54) is 12.3 Å². The number of nitrogens with one attached hydrogen (secondary N) is 1. The van der Waals surface area contributed by atoms with Crippen molar-refractivity contribution in [1.82, 2.24) is 9.29 Å². The van der Waals surface area contributed by atoms with Gasteiger partial charge in [-0.2, -0.15) is 0 Å². The molecular weight excluding hydrogens is 268 g/mol. The molecule has 0 aliphatic rings. The minimum Gasteiger partial charge on any atom is -0.478 e. The molecule has 0 bridgehead atoms. The molecule has 1 heterocycles. The number of carboxylic acids is 1. The normalized spacial score (nSPS) is 14.3. The summed E-state index contributed by atoms with van der Waals surface area (Å²) in [4.78, 5) is 10.7. The number of carbonyl (C=O) groups is 1. The third-order valence-corrected chi connectivity index (χ3v) is 4.55. The van der Waals surface area contributed by atoms with Gasteiger partial charge in [-0.15, -0.1) is 0 Å². The molecule has 1 unspecified atom stereocenters. The van der Waals surface area contributed by atoms with E-state index in [0.717, 1.165) is 0 Å². The average Bonchev–Trinajstić information content (AvgIpc) is 2.62. The smallest absolute Gasteiger partial charge is 0.337 e. The standard InChI is InChI=1S/C12H20N2O4S/c1-9(19(17,18)13-12(2,3)4)7-14-6-5-10(8-14)11(15)16/h5-6,8-9,13H,7H2,1-4H3,(H,15,16). The largest absolute Gasteiger partial charge is 0.478 e. The van der Waals surface area contributed by atoms with Gasteiger partial charge in [-0.25, -0.2) is 17.9 Å². The molecule has 7 heteroatoms. The van der Waals surface area contributed by atoms with Crippen molar-refractivity contribution in [3.63, 3.8) is 0 Å². The monoisotopic (exact) mass is 288 g/mol. The average molecular weight is 288 g/mol. The summed E-state index contributed by atoms with van der Waals surface area (Å²) in [5, 5.41) is 8.15. The SMILES string of the molecule is CC(Cn1ccc(C(=O)O)c1)S(=O)(=O)NC(C)(C)C. The third kappa shape index (κ3) is 4.68. The first-order chi connectivity index (χ1) is 8.51. The van der Waals surface area contributed by atoms with Gasteiger partial charge < -0.3 is 9.67 Å². The fourth-order valence-electron chi connectivity index (χ4n) is 1.60. The second-order valence-electron chi connectivity index (χ2n) is 5.61. The lowest BCUT2D eigenvalue weighted by Crippen LogP contribution is -2.45. The number of rotatable bonds is 5. The highest BCUT2D eigenvalue weighted by atomic mass is 32.2. The van der Waals surface area contributed by atoms with Crippen molar-refractivity contribution < 1.29 is 18.3 Å². The van der Waals surface area contributed by atoms with Gasteiger partial charge in [0.2, 0.25) is 10.0 Å². The summed E-state index contributed by atoms with van der Waals surface area (Å²) in [6.45, 7) is 7.12. The Hall–Kier alpha value is -1.34. The van der Waals surface area contributed by atoms with Crippen molar-refractivity contribution in [3.05, 3.63) is 24.0 Å².